The molecule has 0 spiro atoms. The van der Waals surface area contributed by atoms with Gasteiger partial charge < -0.3 is 9.73 Å². The Morgan fingerprint density at radius 1 is 0.968 bits per heavy atom. The Bertz CT molecular complexity index is 1200. The van der Waals surface area contributed by atoms with E-state index < -0.39 is 0 Å². The SMILES string of the molecule is Cc1ccc(C)c(NC(=O)c2ccc(-c3nc(CSc4ccccc4)c(C)o3)cc2)c1. The molecule has 1 heterocycles. The van der Waals surface area contributed by atoms with E-state index in [2.05, 4.69) is 22.4 Å². The van der Waals surface area contributed by atoms with Crippen LogP contribution in [0.3, 0.4) is 0 Å². The molecular formula is C26H24N2O2S. The third-order valence-corrected chi connectivity index (χ3v) is 6.07. The van der Waals surface area contributed by atoms with Crippen LogP contribution in [-0.4, -0.2) is 10.9 Å². The lowest BCUT2D eigenvalue weighted by Crippen LogP contribution is -2.12. The van der Waals surface area contributed by atoms with Gasteiger partial charge in [0.15, 0.2) is 0 Å². The lowest BCUT2D eigenvalue weighted by molar-refractivity contribution is 0.102. The predicted octanol–water partition coefficient (Wildman–Crippen LogP) is 6.81. The third kappa shape index (κ3) is 5.06. The summed E-state index contributed by atoms with van der Waals surface area (Å²) in [6.45, 7) is 5.93. The van der Waals surface area contributed by atoms with Crippen molar-refractivity contribution in [1.29, 1.82) is 0 Å². The molecular weight excluding hydrogens is 404 g/mol. The normalized spacial score (nSPS) is 10.8. The van der Waals surface area contributed by atoms with E-state index in [0.29, 0.717) is 11.5 Å². The van der Waals surface area contributed by atoms with E-state index in [1.54, 1.807) is 23.9 Å². The number of aromatic nitrogens is 1. The molecule has 156 valence electrons. The maximum atomic E-state index is 12.7. The molecule has 1 N–H and O–H groups in total. The molecule has 0 fully saturated rings. The van der Waals surface area contributed by atoms with Crippen LogP contribution in [0.1, 0.15) is 32.9 Å². The number of nitrogens with zero attached hydrogens (tertiary/aromatic N) is 1. The number of aryl methyl sites for hydroxylation is 3. The highest BCUT2D eigenvalue weighted by atomic mass is 32.2. The maximum absolute atomic E-state index is 12.7. The largest absolute Gasteiger partial charge is 0.441 e. The second-order valence-corrected chi connectivity index (χ2v) is 8.52. The van der Waals surface area contributed by atoms with Crippen LogP contribution in [0.15, 0.2) is 82.1 Å². The third-order valence-electron chi connectivity index (χ3n) is 5.05. The topological polar surface area (TPSA) is 55.1 Å². The van der Waals surface area contributed by atoms with Crippen molar-refractivity contribution in [1.82, 2.24) is 4.98 Å². The second-order valence-electron chi connectivity index (χ2n) is 7.47. The number of thioether (sulfide) groups is 1. The van der Waals surface area contributed by atoms with Crippen molar-refractivity contribution >= 4 is 23.4 Å². The van der Waals surface area contributed by atoms with E-state index >= 15 is 0 Å². The fourth-order valence-corrected chi connectivity index (χ4v) is 4.10. The van der Waals surface area contributed by atoms with Crippen LogP contribution >= 0.6 is 11.8 Å². The molecule has 0 radical (unpaired) electrons. The van der Waals surface area contributed by atoms with Crippen molar-refractivity contribution in [3.63, 3.8) is 0 Å². The molecule has 31 heavy (non-hydrogen) atoms. The van der Waals surface area contributed by atoms with Gasteiger partial charge in [-0.25, -0.2) is 4.98 Å². The van der Waals surface area contributed by atoms with Gasteiger partial charge in [-0.3, -0.25) is 4.79 Å². The van der Waals surface area contributed by atoms with E-state index in [-0.39, 0.29) is 5.91 Å². The summed E-state index contributed by atoms with van der Waals surface area (Å²) in [5, 5.41) is 2.99. The summed E-state index contributed by atoms with van der Waals surface area (Å²) in [7, 11) is 0. The highest BCUT2D eigenvalue weighted by molar-refractivity contribution is 7.98. The van der Waals surface area contributed by atoms with E-state index in [9.17, 15) is 4.79 Å². The van der Waals surface area contributed by atoms with Crippen LogP contribution in [0.4, 0.5) is 5.69 Å². The Morgan fingerprint density at radius 3 is 2.45 bits per heavy atom. The lowest BCUT2D eigenvalue weighted by atomic mass is 10.1. The van der Waals surface area contributed by atoms with Gasteiger partial charge in [0, 0.05) is 27.5 Å². The van der Waals surface area contributed by atoms with Gasteiger partial charge in [0.05, 0.1) is 5.69 Å². The Hall–Kier alpha value is -3.31. The van der Waals surface area contributed by atoms with Crippen LogP contribution in [0.5, 0.6) is 0 Å². The van der Waals surface area contributed by atoms with Crippen molar-refractivity contribution in [2.45, 2.75) is 31.4 Å². The van der Waals surface area contributed by atoms with Gasteiger partial charge in [0.25, 0.3) is 5.91 Å². The molecule has 4 rings (SSSR count). The van der Waals surface area contributed by atoms with Gasteiger partial charge in [-0.05, 0) is 74.4 Å². The average molecular weight is 429 g/mol. The van der Waals surface area contributed by atoms with Gasteiger partial charge in [0.1, 0.15) is 5.76 Å². The molecule has 0 aliphatic heterocycles. The molecule has 0 aliphatic rings. The van der Waals surface area contributed by atoms with Gasteiger partial charge in [0.2, 0.25) is 5.89 Å². The highest BCUT2D eigenvalue weighted by Gasteiger charge is 2.13. The van der Waals surface area contributed by atoms with Crippen molar-refractivity contribution in [3.8, 4) is 11.5 Å². The molecule has 0 saturated heterocycles. The van der Waals surface area contributed by atoms with Gasteiger partial charge in [-0.2, -0.15) is 0 Å². The number of oxazole rings is 1. The first-order valence-electron chi connectivity index (χ1n) is 10.1. The Morgan fingerprint density at radius 2 is 1.71 bits per heavy atom. The van der Waals surface area contributed by atoms with Crippen molar-refractivity contribution < 1.29 is 9.21 Å². The van der Waals surface area contributed by atoms with Gasteiger partial charge >= 0.3 is 0 Å². The van der Waals surface area contributed by atoms with E-state index in [0.717, 1.165) is 39.6 Å². The summed E-state index contributed by atoms with van der Waals surface area (Å²) in [6, 6.07) is 23.6. The summed E-state index contributed by atoms with van der Waals surface area (Å²) in [6.07, 6.45) is 0. The van der Waals surface area contributed by atoms with Gasteiger partial charge in [-0.15, -0.1) is 11.8 Å². The molecule has 0 saturated carbocycles. The van der Waals surface area contributed by atoms with Crippen LogP contribution in [0.2, 0.25) is 0 Å². The van der Waals surface area contributed by atoms with Crippen molar-refractivity contribution in [2.24, 2.45) is 0 Å². The number of carbonyl (C=O) groups is 1. The second kappa shape index (κ2) is 9.23. The van der Waals surface area contributed by atoms with Gasteiger partial charge in [-0.1, -0.05) is 30.3 Å². The van der Waals surface area contributed by atoms with Crippen molar-refractivity contribution in [2.75, 3.05) is 5.32 Å². The minimum absolute atomic E-state index is 0.135. The number of hydrogen-bond acceptors (Lipinski definition) is 4. The first-order chi connectivity index (χ1) is 15.0. The maximum Gasteiger partial charge on any atom is 0.255 e. The lowest BCUT2D eigenvalue weighted by Gasteiger charge is -2.09. The van der Waals surface area contributed by atoms with Crippen LogP contribution < -0.4 is 5.32 Å². The number of rotatable bonds is 6. The van der Waals surface area contributed by atoms with Crippen LogP contribution in [0, 0.1) is 20.8 Å². The summed E-state index contributed by atoms with van der Waals surface area (Å²) in [4.78, 5) is 18.5. The molecule has 3 aromatic carbocycles. The Balaban J connectivity index is 1.45. The molecule has 0 unspecified atom stereocenters. The van der Waals surface area contributed by atoms with Crippen LogP contribution in [-0.2, 0) is 5.75 Å². The molecule has 5 heteroatoms. The molecule has 1 amide bonds. The molecule has 0 bridgehead atoms. The summed E-state index contributed by atoms with van der Waals surface area (Å²) in [5.41, 5.74) is 5.34. The molecule has 0 aliphatic carbocycles. The zero-order valence-electron chi connectivity index (χ0n) is 17.8. The zero-order chi connectivity index (χ0) is 21.8. The molecule has 4 nitrogen and oxygen atoms in total. The zero-order valence-corrected chi connectivity index (χ0v) is 18.6. The number of amides is 1. The summed E-state index contributed by atoms with van der Waals surface area (Å²) < 4.78 is 5.89. The first-order valence-corrected chi connectivity index (χ1v) is 11.1. The van der Waals surface area contributed by atoms with E-state index in [1.807, 2.05) is 69.3 Å². The quantitative estimate of drug-likeness (QED) is 0.343. The number of nitrogens with one attached hydrogen (secondary N) is 1. The monoisotopic (exact) mass is 428 g/mol. The van der Waals surface area contributed by atoms with Crippen LogP contribution in [0.25, 0.3) is 11.5 Å². The number of anilines is 1. The average Bonchev–Trinajstić information content (AvgIpc) is 3.16. The highest BCUT2D eigenvalue weighted by Crippen LogP contribution is 2.28. The first kappa shape index (κ1) is 20.9. The van der Waals surface area contributed by atoms with Crippen molar-refractivity contribution in [3.05, 3.63) is 101 Å². The minimum Gasteiger partial charge on any atom is -0.441 e. The Labute approximate surface area is 186 Å². The molecule has 4 aromatic rings. The Kier molecular flexibility index (Phi) is 6.23. The minimum atomic E-state index is -0.135. The standard InChI is InChI=1S/C26H24N2O2S/c1-17-9-10-18(2)23(15-17)27-25(29)20-11-13-21(14-12-20)26-28-24(19(3)30-26)16-31-22-7-5-4-6-8-22/h4-15H,16H2,1-3H3,(H,27,29). The summed E-state index contributed by atoms with van der Waals surface area (Å²) in [5.74, 6) is 2.00. The van der Waals surface area contributed by atoms with E-state index in [1.165, 1.54) is 4.90 Å². The smallest absolute Gasteiger partial charge is 0.255 e. The van der Waals surface area contributed by atoms with E-state index in [4.69, 9.17) is 4.42 Å². The summed E-state index contributed by atoms with van der Waals surface area (Å²) >= 11 is 1.73. The molecule has 1 aromatic heterocycles. The number of benzene rings is 3. The fraction of sp³-hybridized carbons (Fsp3) is 0.154. The number of carbonyl (C=O) groups excluding carboxylic acids is 1. The fourth-order valence-electron chi connectivity index (χ4n) is 3.18. The number of hydrogen-bond donors (Lipinski definition) is 1. The predicted molar refractivity (Wildman–Crippen MR) is 127 cm³/mol. The molecule has 0 atom stereocenters.